The molecule has 0 spiro atoms. The number of pyridine rings is 1. The number of H-pyrrole nitrogens is 1. The van der Waals surface area contributed by atoms with E-state index in [4.69, 9.17) is 0 Å². The number of aryl methyl sites for hydroxylation is 1. The van der Waals surface area contributed by atoms with Gasteiger partial charge in [-0.2, -0.15) is 5.10 Å². The first kappa shape index (κ1) is 21.7. The highest BCUT2D eigenvalue weighted by atomic mass is 16.2. The van der Waals surface area contributed by atoms with Crippen LogP contribution in [0.15, 0.2) is 36.8 Å². The van der Waals surface area contributed by atoms with Gasteiger partial charge in [0, 0.05) is 42.2 Å². The molecule has 4 heterocycles. The van der Waals surface area contributed by atoms with E-state index in [1.807, 2.05) is 4.52 Å². The monoisotopic (exact) mass is 443 g/mol. The Labute approximate surface area is 195 Å². The summed E-state index contributed by atoms with van der Waals surface area (Å²) < 4.78 is 1.86. The molecule has 4 aromatic rings. The maximum atomic E-state index is 12.3. The summed E-state index contributed by atoms with van der Waals surface area (Å²) in [7, 11) is 0. The molecule has 0 atom stereocenters. The molecule has 0 aliphatic carbocycles. The van der Waals surface area contributed by atoms with Crippen molar-refractivity contribution in [2.24, 2.45) is 0 Å². The Bertz CT molecular complexity index is 1310. The normalized spacial score (nSPS) is 15.2. The standard InChI is InChI=1S/C27H33N5O/c1-5-6-24(33)31-11-9-19(10-12-31)20-7-8-23-22(14-20)25(17(2)3)26(30-23)21-13-18(4)27-28-16-29-32(27)15-21/h7-8,13-17,19,30H,5-6,9-12H2,1-4H3. The van der Waals surface area contributed by atoms with E-state index in [-0.39, 0.29) is 0 Å². The van der Waals surface area contributed by atoms with Crippen LogP contribution in [0.1, 0.15) is 75.0 Å². The van der Waals surface area contributed by atoms with Crippen LogP contribution in [0, 0.1) is 6.92 Å². The zero-order valence-corrected chi connectivity index (χ0v) is 20.1. The molecular weight excluding hydrogens is 410 g/mol. The van der Waals surface area contributed by atoms with Gasteiger partial charge in [0.25, 0.3) is 0 Å². The summed E-state index contributed by atoms with van der Waals surface area (Å²) in [5.41, 5.74) is 8.22. The predicted molar refractivity (Wildman–Crippen MR) is 133 cm³/mol. The minimum absolute atomic E-state index is 0.309. The van der Waals surface area contributed by atoms with Crippen molar-refractivity contribution in [3.8, 4) is 11.3 Å². The number of carbonyl (C=O) groups excluding carboxylic acids is 1. The molecule has 1 fully saturated rings. The number of amides is 1. The van der Waals surface area contributed by atoms with Gasteiger partial charge in [0.1, 0.15) is 6.33 Å². The van der Waals surface area contributed by atoms with E-state index in [1.165, 1.54) is 22.0 Å². The number of fused-ring (bicyclic) bond motifs is 2. The number of hydrogen-bond donors (Lipinski definition) is 1. The molecule has 0 radical (unpaired) electrons. The number of rotatable bonds is 5. The number of aromatic nitrogens is 4. The molecule has 172 valence electrons. The lowest BCUT2D eigenvalue weighted by molar-refractivity contribution is -0.132. The van der Waals surface area contributed by atoms with Crippen LogP contribution in [0.2, 0.25) is 0 Å². The van der Waals surface area contributed by atoms with Gasteiger partial charge in [-0.15, -0.1) is 0 Å². The van der Waals surface area contributed by atoms with Gasteiger partial charge < -0.3 is 9.88 Å². The van der Waals surface area contributed by atoms with E-state index in [2.05, 4.69) is 78.1 Å². The average Bonchev–Trinajstić information content (AvgIpc) is 3.44. The Kier molecular flexibility index (Phi) is 5.69. The number of carbonyl (C=O) groups is 1. The molecule has 1 aromatic carbocycles. The number of likely N-dealkylation sites (tertiary alicyclic amines) is 1. The summed E-state index contributed by atoms with van der Waals surface area (Å²) in [6.07, 6.45) is 7.34. The lowest BCUT2D eigenvalue weighted by Gasteiger charge is -2.32. The molecule has 0 bridgehead atoms. The van der Waals surface area contributed by atoms with Crippen molar-refractivity contribution in [1.82, 2.24) is 24.5 Å². The van der Waals surface area contributed by atoms with Gasteiger partial charge in [-0.25, -0.2) is 9.50 Å². The summed E-state index contributed by atoms with van der Waals surface area (Å²) in [6, 6.07) is 9.09. The minimum atomic E-state index is 0.309. The zero-order chi connectivity index (χ0) is 23.1. The Hall–Kier alpha value is -3.15. The zero-order valence-electron chi connectivity index (χ0n) is 20.1. The van der Waals surface area contributed by atoms with Crippen LogP contribution in [0.4, 0.5) is 0 Å². The third-order valence-electron chi connectivity index (χ3n) is 7.07. The Morgan fingerprint density at radius 3 is 2.73 bits per heavy atom. The van der Waals surface area contributed by atoms with Crippen molar-refractivity contribution >= 4 is 22.5 Å². The molecule has 0 saturated carbocycles. The molecule has 3 aromatic heterocycles. The third-order valence-corrected chi connectivity index (χ3v) is 7.07. The van der Waals surface area contributed by atoms with E-state index >= 15 is 0 Å². The number of aromatic amines is 1. The summed E-state index contributed by atoms with van der Waals surface area (Å²) in [4.78, 5) is 22.4. The summed E-state index contributed by atoms with van der Waals surface area (Å²) in [6.45, 7) is 10.4. The van der Waals surface area contributed by atoms with Crippen molar-refractivity contribution in [2.45, 2.75) is 65.2 Å². The minimum Gasteiger partial charge on any atom is -0.354 e. The Morgan fingerprint density at radius 2 is 2.00 bits per heavy atom. The van der Waals surface area contributed by atoms with Crippen molar-refractivity contribution < 1.29 is 4.79 Å². The quantitative estimate of drug-likeness (QED) is 0.423. The molecule has 0 unspecified atom stereocenters. The molecule has 1 amide bonds. The van der Waals surface area contributed by atoms with E-state index in [0.29, 0.717) is 24.2 Å². The van der Waals surface area contributed by atoms with Gasteiger partial charge in [-0.1, -0.05) is 26.8 Å². The highest BCUT2D eigenvalue weighted by Gasteiger charge is 2.25. The lowest BCUT2D eigenvalue weighted by atomic mass is 9.87. The van der Waals surface area contributed by atoms with Gasteiger partial charge in [-0.3, -0.25) is 4.79 Å². The van der Waals surface area contributed by atoms with Crippen LogP contribution in [-0.2, 0) is 4.79 Å². The second kappa shape index (κ2) is 8.65. The van der Waals surface area contributed by atoms with Gasteiger partial charge in [0.05, 0.1) is 5.69 Å². The highest BCUT2D eigenvalue weighted by Crippen LogP contribution is 2.38. The third kappa shape index (κ3) is 3.92. The van der Waals surface area contributed by atoms with Crippen LogP contribution < -0.4 is 0 Å². The van der Waals surface area contributed by atoms with Crippen LogP contribution in [0.5, 0.6) is 0 Å². The van der Waals surface area contributed by atoms with Crippen molar-refractivity contribution in [1.29, 1.82) is 0 Å². The lowest BCUT2D eigenvalue weighted by Crippen LogP contribution is -2.37. The number of piperidine rings is 1. The first-order valence-corrected chi connectivity index (χ1v) is 12.2. The highest BCUT2D eigenvalue weighted by molar-refractivity contribution is 5.92. The van der Waals surface area contributed by atoms with E-state index in [0.717, 1.165) is 54.8 Å². The van der Waals surface area contributed by atoms with Crippen molar-refractivity contribution in [3.05, 3.63) is 53.5 Å². The SMILES string of the molecule is CCCC(=O)N1CCC(c2ccc3[nH]c(-c4cc(C)c5ncnn5c4)c(C(C)C)c3c2)CC1. The molecule has 6 nitrogen and oxygen atoms in total. The molecule has 1 saturated heterocycles. The fourth-order valence-corrected chi connectivity index (χ4v) is 5.38. The largest absolute Gasteiger partial charge is 0.354 e. The summed E-state index contributed by atoms with van der Waals surface area (Å²) in [5.74, 6) is 1.19. The summed E-state index contributed by atoms with van der Waals surface area (Å²) in [5, 5.41) is 5.67. The van der Waals surface area contributed by atoms with Crippen LogP contribution >= 0.6 is 0 Å². The Morgan fingerprint density at radius 1 is 1.21 bits per heavy atom. The van der Waals surface area contributed by atoms with E-state index in [9.17, 15) is 4.79 Å². The molecule has 33 heavy (non-hydrogen) atoms. The maximum absolute atomic E-state index is 12.3. The Balaban J connectivity index is 1.50. The van der Waals surface area contributed by atoms with Gasteiger partial charge in [0.15, 0.2) is 5.65 Å². The van der Waals surface area contributed by atoms with Crippen LogP contribution in [0.3, 0.4) is 0 Å². The molecule has 1 aliphatic rings. The van der Waals surface area contributed by atoms with Crippen molar-refractivity contribution in [2.75, 3.05) is 13.1 Å². The van der Waals surface area contributed by atoms with Gasteiger partial charge >= 0.3 is 0 Å². The van der Waals surface area contributed by atoms with E-state index < -0.39 is 0 Å². The fourth-order valence-electron chi connectivity index (χ4n) is 5.38. The van der Waals surface area contributed by atoms with E-state index in [1.54, 1.807) is 6.33 Å². The first-order chi connectivity index (χ1) is 16.0. The molecule has 1 N–H and O–H groups in total. The van der Waals surface area contributed by atoms with Crippen molar-refractivity contribution in [3.63, 3.8) is 0 Å². The average molecular weight is 444 g/mol. The predicted octanol–water partition coefficient (Wildman–Crippen LogP) is 5.82. The maximum Gasteiger partial charge on any atom is 0.222 e. The smallest absolute Gasteiger partial charge is 0.222 e. The molecule has 5 rings (SSSR count). The second-order valence-corrected chi connectivity index (χ2v) is 9.72. The topological polar surface area (TPSA) is 66.3 Å². The molecule has 1 aliphatic heterocycles. The van der Waals surface area contributed by atoms with Crippen LogP contribution in [-0.4, -0.2) is 43.5 Å². The number of benzene rings is 1. The van der Waals surface area contributed by atoms with Gasteiger partial charge in [-0.05, 0) is 72.9 Å². The molecule has 6 heteroatoms. The number of nitrogens with one attached hydrogen (secondary N) is 1. The number of hydrogen-bond acceptors (Lipinski definition) is 3. The fraction of sp³-hybridized carbons (Fsp3) is 0.444. The van der Waals surface area contributed by atoms with Crippen LogP contribution in [0.25, 0.3) is 27.8 Å². The van der Waals surface area contributed by atoms with Gasteiger partial charge in [0.2, 0.25) is 5.91 Å². The second-order valence-electron chi connectivity index (χ2n) is 9.72. The molecular formula is C27H33N5O. The number of nitrogens with zero attached hydrogens (tertiary/aromatic N) is 4. The first-order valence-electron chi connectivity index (χ1n) is 12.2. The summed E-state index contributed by atoms with van der Waals surface area (Å²) >= 11 is 0.